The topological polar surface area (TPSA) is 15.3 Å². The maximum atomic E-state index is 13.2. The zero-order chi connectivity index (χ0) is 12.7. The van der Waals surface area contributed by atoms with Gasteiger partial charge in [-0.2, -0.15) is 0 Å². The van der Waals surface area contributed by atoms with Gasteiger partial charge in [-0.1, -0.05) is 6.07 Å². The summed E-state index contributed by atoms with van der Waals surface area (Å²) in [5, 5.41) is 3.56. The van der Waals surface area contributed by atoms with Crippen LogP contribution in [0.3, 0.4) is 0 Å². The van der Waals surface area contributed by atoms with Crippen LogP contribution >= 0.6 is 11.8 Å². The third kappa shape index (κ3) is 2.29. The Morgan fingerprint density at radius 2 is 2.00 bits per heavy atom. The molecule has 0 saturated carbocycles. The highest BCUT2D eigenvalue weighted by atomic mass is 32.2. The Bertz CT molecular complexity index is 441. The van der Waals surface area contributed by atoms with Crippen molar-refractivity contribution in [1.82, 2.24) is 10.2 Å². The van der Waals surface area contributed by atoms with Crippen LogP contribution in [-0.2, 0) is 0 Å². The monoisotopic (exact) mass is 266 g/mol. The van der Waals surface area contributed by atoms with Crippen LogP contribution in [0.4, 0.5) is 4.39 Å². The summed E-state index contributed by atoms with van der Waals surface area (Å²) in [7, 11) is 0. The van der Waals surface area contributed by atoms with E-state index in [-0.39, 0.29) is 5.82 Å². The van der Waals surface area contributed by atoms with Crippen molar-refractivity contribution in [2.75, 3.05) is 18.8 Å². The molecule has 0 radical (unpaired) electrons. The lowest BCUT2D eigenvalue weighted by Crippen LogP contribution is -2.55. The Morgan fingerprint density at radius 1 is 1.28 bits per heavy atom. The van der Waals surface area contributed by atoms with Gasteiger partial charge in [0.25, 0.3) is 0 Å². The predicted molar refractivity (Wildman–Crippen MR) is 73.5 cm³/mol. The molecule has 2 aliphatic rings. The third-order valence-electron chi connectivity index (χ3n) is 3.76. The number of benzene rings is 1. The molecule has 0 aromatic heterocycles. The second-order valence-corrected chi connectivity index (χ2v) is 6.49. The summed E-state index contributed by atoms with van der Waals surface area (Å²) in [6.07, 6.45) is 0. The molecule has 3 rings (SSSR count). The second-order valence-electron chi connectivity index (χ2n) is 5.43. The fourth-order valence-corrected chi connectivity index (χ4v) is 4.39. The van der Waals surface area contributed by atoms with Crippen molar-refractivity contribution in [1.29, 1.82) is 0 Å². The Kier molecular flexibility index (Phi) is 3.34. The van der Waals surface area contributed by atoms with Crippen LogP contribution in [0.25, 0.3) is 0 Å². The van der Waals surface area contributed by atoms with E-state index in [2.05, 4.69) is 24.1 Å². The number of nitrogens with one attached hydrogen (secondary N) is 1. The Labute approximate surface area is 112 Å². The molecule has 1 aromatic carbocycles. The van der Waals surface area contributed by atoms with Gasteiger partial charge in [-0.15, -0.1) is 11.8 Å². The summed E-state index contributed by atoms with van der Waals surface area (Å²) in [6.45, 7) is 6.62. The zero-order valence-electron chi connectivity index (χ0n) is 10.8. The van der Waals surface area contributed by atoms with E-state index in [4.69, 9.17) is 0 Å². The number of thioether (sulfide) groups is 1. The van der Waals surface area contributed by atoms with Gasteiger partial charge in [-0.3, -0.25) is 4.90 Å². The molecule has 3 atom stereocenters. The predicted octanol–water partition coefficient (Wildman–Crippen LogP) is 2.65. The van der Waals surface area contributed by atoms with Gasteiger partial charge in [0.1, 0.15) is 5.82 Å². The van der Waals surface area contributed by atoms with E-state index >= 15 is 0 Å². The number of fused-ring (bicyclic) bond motifs is 1. The summed E-state index contributed by atoms with van der Waals surface area (Å²) in [4.78, 5) is 3.67. The van der Waals surface area contributed by atoms with E-state index in [0.29, 0.717) is 18.1 Å². The lowest BCUT2D eigenvalue weighted by Gasteiger charge is -2.39. The van der Waals surface area contributed by atoms with E-state index < -0.39 is 0 Å². The van der Waals surface area contributed by atoms with E-state index in [1.54, 1.807) is 23.9 Å². The molecule has 0 spiro atoms. The molecule has 0 aliphatic carbocycles. The maximum absolute atomic E-state index is 13.2. The fourth-order valence-electron chi connectivity index (χ4n) is 3.09. The molecule has 1 aromatic rings. The average molecular weight is 266 g/mol. The van der Waals surface area contributed by atoms with E-state index in [1.165, 1.54) is 5.56 Å². The summed E-state index contributed by atoms with van der Waals surface area (Å²) < 4.78 is 13.2. The fraction of sp³-hybridized carbons (Fsp3) is 0.571. The van der Waals surface area contributed by atoms with Crippen molar-refractivity contribution >= 4 is 11.8 Å². The molecule has 2 aliphatic heterocycles. The molecule has 1 N–H and O–H groups in total. The standard InChI is InChI=1S/C14H19FN2S/c1-9-6-17(7-10(2)16-9)13-8-18-14-5-11(15)3-4-12(13)14/h3-5,9-10,13,16H,6-8H2,1-2H3/t9-,10+,13?. The number of hydrogen-bond acceptors (Lipinski definition) is 3. The summed E-state index contributed by atoms with van der Waals surface area (Å²) >= 11 is 1.78. The van der Waals surface area contributed by atoms with Crippen LogP contribution < -0.4 is 5.32 Å². The first-order valence-electron chi connectivity index (χ1n) is 6.56. The minimum Gasteiger partial charge on any atom is -0.309 e. The van der Waals surface area contributed by atoms with Crippen LogP contribution in [0.5, 0.6) is 0 Å². The summed E-state index contributed by atoms with van der Waals surface area (Å²) in [5.41, 5.74) is 1.31. The highest BCUT2D eigenvalue weighted by Crippen LogP contribution is 2.42. The number of piperazine rings is 1. The van der Waals surface area contributed by atoms with Gasteiger partial charge in [0.2, 0.25) is 0 Å². The molecular weight excluding hydrogens is 247 g/mol. The van der Waals surface area contributed by atoms with Crippen molar-refractivity contribution in [3.8, 4) is 0 Å². The van der Waals surface area contributed by atoms with Crippen LogP contribution in [0.2, 0.25) is 0 Å². The van der Waals surface area contributed by atoms with Gasteiger partial charge in [-0.25, -0.2) is 4.39 Å². The van der Waals surface area contributed by atoms with Gasteiger partial charge >= 0.3 is 0 Å². The van der Waals surface area contributed by atoms with Gasteiger partial charge in [0.15, 0.2) is 0 Å². The number of nitrogens with zero attached hydrogens (tertiary/aromatic N) is 1. The third-order valence-corrected chi connectivity index (χ3v) is 4.90. The summed E-state index contributed by atoms with van der Waals surface area (Å²) in [5.74, 6) is 0.932. The quantitative estimate of drug-likeness (QED) is 0.841. The largest absolute Gasteiger partial charge is 0.309 e. The Morgan fingerprint density at radius 3 is 2.72 bits per heavy atom. The molecule has 4 heteroatoms. The molecular formula is C14H19FN2S. The molecule has 2 heterocycles. The smallest absolute Gasteiger partial charge is 0.124 e. The normalized spacial score (nSPS) is 32.5. The Balaban J connectivity index is 1.83. The maximum Gasteiger partial charge on any atom is 0.124 e. The average Bonchev–Trinajstić information content (AvgIpc) is 2.70. The van der Waals surface area contributed by atoms with E-state index in [1.807, 2.05) is 6.07 Å². The lowest BCUT2D eigenvalue weighted by atomic mass is 10.0. The SMILES string of the molecule is C[C@@H]1CN(C2CSc3cc(F)ccc32)C[C@H](C)N1. The molecule has 0 bridgehead atoms. The van der Waals surface area contributed by atoms with Crippen molar-refractivity contribution in [3.05, 3.63) is 29.6 Å². The highest BCUT2D eigenvalue weighted by Gasteiger charge is 2.32. The molecule has 18 heavy (non-hydrogen) atoms. The van der Waals surface area contributed by atoms with Crippen molar-refractivity contribution in [3.63, 3.8) is 0 Å². The minimum absolute atomic E-state index is 0.121. The minimum atomic E-state index is -0.121. The van der Waals surface area contributed by atoms with Gasteiger partial charge < -0.3 is 5.32 Å². The molecule has 1 saturated heterocycles. The second kappa shape index (κ2) is 4.83. The summed E-state index contributed by atoms with van der Waals surface area (Å²) in [6, 6.07) is 6.75. The first kappa shape index (κ1) is 12.5. The highest BCUT2D eigenvalue weighted by molar-refractivity contribution is 7.99. The van der Waals surface area contributed by atoms with E-state index in [9.17, 15) is 4.39 Å². The van der Waals surface area contributed by atoms with Gasteiger partial charge in [-0.05, 0) is 31.5 Å². The van der Waals surface area contributed by atoms with Crippen LogP contribution in [0, 0.1) is 5.82 Å². The first-order valence-corrected chi connectivity index (χ1v) is 7.54. The number of rotatable bonds is 1. The Hall–Kier alpha value is -0.580. The van der Waals surface area contributed by atoms with Crippen molar-refractivity contribution in [2.24, 2.45) is 0 Å². The van der Waals surface area contributed by atoms with Gasteiger partial charge in [0.05, 0.1) is 0 Å². The van der Waals surface area contributed by atoms with Crippen molar-refractivity contribution < 1.29 is 4.39 Å². The molecule has 2 nitrogen and oxygen atoms in total. The molecule has 1 unspecified atom stereocenters. The van der Waals surface area contributed by atoms with E-state index in [0.717, 1.165) is 23.7 Å². The zero-order valence-corrected chi connectivity index (χ0v) is 11.6. The lowest BCUT2D eigenvalue weighted by molar-refractivity contribution is 0.134. The number of halogens is 1. The van der Waals surface area contributed by atoms with Gasteiger partial charge in [0, 0.05) is 41.9 Å². The van der Waals surface area contributed by atoms with Crippen LogP contribution in [0.1, 0.15) is 25.5 Å². The number of hydrogen-bond donors (Lipinski definition) is 1. The van der Waals surface area contributed by atoms with Crippen LogP contribution in [0.15, 0.2) is 23.1 Å². The molecule has 1 fully saturated rings. The van der Waals surface area contributed by atoms with Crippen molar-refractivity contribution in [2.45, 2.75) is 36.9 Å². The van der Waals surface area contributed by atoms with Crippen LogP contribution in [-0.4, -0.2) is 35.8 Å². The molecule has 0 amide bonds. The molecule has 98 valence electrons. The first-order chi connectivity index (χ1) is 8.63.